The van der Waals surface area contributed by atoms with Crippen LogP contribution in [-0.4, -0.2) is 30.3 Å². The Hall–Kier alpha value is -1.93. The van der Waals surface area contributed by atoms with Gasteiger partial charge in [-0.25, -0.2) is 13.6 Å². The number of primary sulfonamides is 1. The second-order valence-electron chi connectivity index (χ2n) is 3.83. The number of nitrogens with zero attached hydrogens (tertiary/aromatic N) is 3. The zero-order chi connectivity index (χ0) is 14.0. The van der Waals surface area contributed by atoms with Gasteiger partial charge in [-0.3, -0.25) is 4.57 Å². The van der Waals surface area contributed by atoms with E-state index in [0.29, 0.717) is 23.7 Å². The molecule has 0 saturated heterocycles. The molecule has 0 saturated carbocycles. The van der Waals surface area contributed by atoms with E-state index < -0.39 is 10.0 Å². The molecule has 0 spiro atoms. The Bertz CT molecular complexity index is 694. The van der Waals surface area contributed by atoms with Gasteiger partial charge in [0, 0.05) is 12.1 Å². The van der Waals surface area contributed by atoms with Crippen molar-refractivity contribution in [1.82, 2.24) is 14.8 Å². The summed E-state index contributed by atoms with van der Waals surface area (Å²) in [5.41, 5.74) is 0.712. The van der Waals surface area contributed by atoms with Crippen molar-refractivity contribution in [2.24, 2.45) is 5.14 Å². The molecule has 0 radical (unpaired) electrons. The van der Waals surface area contributed by atoms with E-state index in [1.807, 2.05) is 0 Å². The summed E-state index contributed by atoms with van der Waals surface area (Å²) in [6, 6.07) is 7.13. The van der Waals surface area contributed by atoms with Crippen LogP contribution in [0.15, 0.2) is 29.4 Å². The first kappa shape index (κ1) is 13.5. The normalized spacial score (nSPS) is 11.5. The van der Waals surface area contributed by atoms with Crippen LogP contribution in [0.25, 0.3) is 11.4 Å². The van der Waals surface area contributed by atoms with E-state index in [0.717, 1.165) is 0 Å². The van der Waals surface area contributed by atoms with Gasteiger partial charge in [-0.1, -0.05) is 12.1 Å². The molecular weight excluding hydrogens is 268 g/mol. The third-order valence-corrected chi connectivity index (χ3v) is 3.43. The summed E-state index contributed by atoms with van der Waals surface area (Å²) in [5.74, 6) is 1.09. The van der Waals surface area contributed by atoms with Crippen LogP contribution in [0.4, 0.5) is 0 Å². The van der Waals surface area contributed by atoms with E-state index in [1.165, 1.54) is 4.57 Å². The molecule has 0 aliphatic carbocycles. The lowest BCUT2D eigenvalue weighted by molar-refractivity contribution is 0.415. The van der Waals surface area contributed by atoms with Crippen LogP contribution < -0.4 is 9.88 Å². The molecule has 2 N–H and O–H groups in total. The van der Waals surface area contributed by atoms with E-state index in [2.05, 4.69) is 10.2 Å². The molecule has 1 aromatic carbocycles. The van der Waals surface area contributed by atoms with E-state index >= 15 is 0 Å². The number of sulfonamides is 1. The minimum atomic E-state index is -3.89. The lowest BCUT2D eigenvalue weighted by atomic mass is 10.2. The van der Waals surface area contributed by atoms with Crippen LogP contribution in [0, 0.1) is 0 Å². The quantitative estimate of drug-likeness (QED) is 0.886. The Kier molecular flexibility index (Phi) is 3.54. The fourth-order valence-electron chi connectivity index (χ4n) is 1.76. The first-order valence-corrected chi connectivity index (χ1v) is 7.12. The molecule has 2 rings (SSSR count). The van der Waals surface area contributed by atoms with Crippen LogP contribution in [0.1, 0.15) is 6.92 Å². The third kappa shape index (κ3) is 2.59. The number of benzene rings is 1. The Morgan fingerprint density at radius 3 is 2.68 bits per heavy atom. The smallest absolute Gasteiger partial charge is 0.273 e. The van der Waals surface area contributed by atoms with Gasteiger partial charge in [0.2, 0.25) is 0 Å². The highest BCUT2D eigenvalue weighted by Gasteiger charge is 2.21. The standard InChI is InChI=1S/C11H14N4O3S/c1-3-15-10(13-14-11(15)19(12,16)17)8-5-4-6-9(7-8)18-2/h4-7H,3H2,1-2H3,(H2,12,16,17). The van der Waals surface area contributed by atoms with Gasteiger partial charge < -0.3 is 4.74 Å². The zero-order valence-corrected chi connectivity index (χ0v) is 11.4. The Morgan fingerprint density at radius 1 is 1.37 bits per heavy atom. The molecule has 19 heavy (non-hydrogen) atoms. The highest BCUT2D eigenvalue weighted by atomic mass is 32.2. The predicted octanol–water partition coefficient (Wildman–Crippen LogP) is 0.621. The van der Waals surface area contributed by atoms with Gasteiger partial charge in [0.05, 0.1) is 7.11 Å². The Labute approximate surface area is 111 Å². The van der Waals surface area contributed by atoms with Crippen molar-refractivity contribution in [3.8, 4) is 17.1 Å². The number of methoxy groups -OCH3 is 1. The van der Waals surface area contributed by atoms with Gasteiger partial charge >= 0.3 is 0 Å². The van der Waals surface area contributed by atoms with Crippen LogP contribution in [0.3, 0.4) is 0 Å². The molecule has 7 nitrogen and oxygen atoms in total. The molecule has 0 aliphatic heterocycles. The second-order valence-corrected chi connectivity index (χ2v) is 5.28. The summed E-state index contributed by atoms with van der Waals surface area (Å²) in [4.78, 5) is 0. The molecule has 0 aliphatic rings. The van der Waals surface area contributed by atoms with Crippen LogP contribution >= 0.6 is 0 Å². The fourth-order valence-corrected chi connectivity index (χ4v) is 2.44. The molecular formula is C11H14N4O3S. The number of rotatable bonds is 4. The summed E-state index contributed by atoms with van der Waals surface area (Å²) < 4.78 is 29.4. The van der Waals surface area contributed by atoms with Gasteiger partial charge in [0.25, 0.3) is 15.2 Å². The molecule has 8 heteroatoms. The molecule has 102 valence electrons. The Morgan fingerprint density at radius 2 is 2.11 bits per heavy atom. The summed E-state index contributed by atoms with van der Waals surface area (Å²) in [5, 5.41) is 12.4. The SMILES string of the molecule is CCn1c(-c2cccc(OC)c2)nnc1S(N)(=O)=O. The largest absolute Gasteiger partial charge is 0.497 e. The zero-order valence-electron chi connectivity index (χ0n) is 10.6. The Balaban J connectivity index is 2.60. The average molecular weight is 282 g/mol. The molecule has 1 aromatic heterocycles. The number of hydrogen-bond donors (Lipinski definition) is 1. The van der Waals surface area contributed by atoms with Crippen molar-refractivity contribution in [3.63, 3.8) is 0 Å². The van der Waals surface area contributed by atoms with Gasteiger partial charge in [0.1, 0.15) is 5.75 Å². The molecule has 1 heterocycles. The minimum absolute atomic E-state index is 0.243. The van der Waals surface area contributed by atoms with Crippen molar-refractivity contribution in [2.45, 2.75) is 18.6 Å². The number of nitrogens with two attached hydrogens (primary N) is 1. The maximum atomic E-state index is 11.4. The summed E-state index contributed by atoms with van der Waals surface area (Å²) in [7, 11) is -2.34. The van der Waals surface area contributed by atoms with Crippen molar-refractivity contribution < 1.29 is 13.2 Å². The topological polar surface area (TPSA) is 100 Å². The molecule has 0 bridgehead atoms. The number of hydrogen-bond acceptors (Lipinski definition) is 5. The van der Waals surface area contributed by atoms with E-state index in [4.69, 9.17) is 9.88 Å². The lowest BCUT2D eigenvalue weighted by Gasteiger charge is -2.07. The van der Waals surface area contributed by atoms with Gasteiger partial charge in [0.15, 0.2) is 5.82 Å². The average Bonchev–Trinajstić information content (AvgIpc) is 2.82. The fraction of sp³-hybridized carbons (Fsp3) is 0.273. The first-order chi connectivity index (χ1) is 8.97. The summed E-state index contributed by atoms with van der Waals surface area (Å²) >= 11 is 0. The van der Waals surface area contributed by atoms with E-state index in [1.54, 1.807) is 38.3 Å². The highest BCUT2D eigenvalue weighted by Crippen LogP contribution is 2.23. The summed E-state index contributed by atoms with van der Waals surface area (Å²) in [6.07, 6.45) is 0. The molecule has 0 fully saturated rings. The maximum Gasteiger partial charge on any atom is 0.273 e. The van der Waals surface area contributed by atoms with Crippen LogP contribution in [0.5, 0.6) is 5.75 Å². The summed E-state index contributed by atoms with van der Waals surface area (Å²) in [6.45, 7) is 2.19. The first-order valence-electron chi connectivity index (χ1n) is 5.57. The molecule has 0 unspecified atom stereocenters. The van der Waals surface area contributed by atoms with Gasteiger partial charge in [-0.15, -0.1) is 10.2 Å². The minimum Gasteiger partial charge on any atom is -0.497 e. The maximum absolute atomic E-state index is 11.4. The van der Waals surface area contributed by atoms with Crippen LogP contribution in [0.2, 0.25) is 0 Å². The van der Waals surface area contributed by atoms with Crippen molar-refractivity contribution in [1.29, 1.82) is 0 Å². The van der Waals surface area contributed by atoms with Gasteiger partial charge in [-0.2, -0.15) is 0 Å². The van der Waals surface area contributed by atoms with Crippen LogP contribution in [-0.2, 0) is 16.6 Å². The van der Waals surface area contributed by atoms with Crippen molar-refractivity contribution >= 4 is 10.0 Å². The predicted molar refractivity (Wildman–Crippen MR) is 69.1 cm³/mol. The third-order valence-electron chi connectivity index (χ3n) is 2.62. The molecule has 0 amide bonds. The number of ether oxygens (including phenoxy) is 1. The monoisotopic (exact) mass is 282 g/mol. The molecule has 0 atom stereocenters. The highest BCUT2D eigenvalue weighted by molar-refractivity contribution is 7.89. The molecule has 2 aromatic rings. The van der Waals surface area contributed by atoms with Crippen molar-refractivity contribution in [2.75, 3.05) is 7.11 Å². The van der Waals surface area contributed by atoms with Crippen molar-refractivity contribution in [3.05, 3.63) is 24.3 Å². The number of aromatic nitrogens is 3. The second kappa shape index (κ2) is 4.98. The van der Waals surface area contributed by atoms with E-state index in [9.17, 15) is 8.42 Å². The van der Waals surface area contributed by atoms with Gasteiger partial charge in [-0.05, 0) is 19.1 Å². The van der Waals surface area contributed by atoms with E-state index in [-0.39, 0.29) is 5.16 Å². The lowest BCUT2D eigenvalue weighted by Crippen LogP contribution is -2.18.